The van der Waals surface area contributed by atoms with E-state index in [-0.39, 0.29) is 5.91 Å². The second kappa shape index (κ2) is 5.64. The van der Waals surface area contributed by atoms with E-state index in [2.05, 4.69) is 24.1 Å². The Hall–Kier alpha value is -2.62. The van der Waals surface area contributed by atoms with Crippen LogP contribution in [0.15, 0.2) is 46.9 Å². The fourth-order valence-corrected chi connectivity index (χ4v) is 2.49. The monoisotopic (exact) mass is 294 g/mol. The molecule has 1 heterocycles. The zero-order valence-electron chi connectivity index (χ0n) is 12.9. The molecule has 0 saturated carbocycles. The minimum Gasteiger partial charge on any atom is -0.441 e. The van der Waals surface area contributed by atoms with Crippen LogP contribution in [-0.4, -0.2) is 10.9 Å². The fourth-order valence-electron chi connectivity index (χ4n) is 2.49. The maximum atomic E-state index is 12.5. The van der Waals surface area contributed by atoms with E-state index in [1.54, 1.807) is 25.1 Å². The van der Waals surface area contributed by atoms with Gasteiger partial charge in [0.1, 0.15) is 5.52 Å². The van der Waals surface area contributed by atoms with E-state index in [1.807, 2.05) is 24.3 Å². The number of para-hydroxylation sites is 1. The summed E-state index contributed by atoms with van der Waals surface area (Å²) in [5.41, 5.74) is 3.92. The number of carbonyl (C=O) groups excluding carboxylic acids is 1. The van der Waals surface area contributed by atoms with Crippen LogP contribution < -0.4 is 5.32 Å². The molecule has 0 unspecified atom stereocenters. The Morgan fingerprint density at radius 2 is 1.95 bits per heavy atom. The van der Waals surface area contributed by atoms with Gasteiger partial charge in [-0.1, -0.05) is 32.0 Å². The van der Waals surface area contributed by atoms with Gasteiger partial charge in [0, 0.05) is 18.2 Å². The van der Waals surface area contributed by atoms with E-state index in [4.69, 9.17) is 4.42 Å². The molecule has 112 valence electrons. The largest absolute Gasteiger partial charge is 0.441 e. The lowest BCUT2D eigenvalue weighted by atomic mass is 10.0. The van der Waals surface area contributed by atoms with Gasteiger partial charge in [-0.15, -0.1) is 0 Å². The quantitative estimate of drug-likeness (QED) is 0.773. The Labute approximate surface area is 129 Å². The van der Waals surface area contributed by atoms with Crippen LogP contribution in [0.1, 0.15) is 41.6 Å². The molecule has 3 rings (SSSR count). The summed E-state index contributed by atoms with van der Waals surface area (Å²) in [6, 6.07) is 13.1. The molecule has 0 atom stereocenters. The second-order valence-electron chi connectivity index (χ2n) is 5.61. The number of nitrogens with one attached hydrogen (secondary N) is 1. The molecule has 3 aromatic rings. The molecule has 0 bridgehead atoms. The Balaban J connectivity index is 1.90. The Morgan fingerprint density at radius 1 is 1.18 bits per heavy atom. The molecule has 0 fully saturated rings. The molecule has 0 aliphatic heterocycles. The van der Waals surface area contributed by atoms with Crippen LogP contribution in [0.3, 0.4) is 0 Å². The van der Waals surface area contributed by atoms with Crippen molar-refractivity contribution in [1.82, 2.24) is 4.98 Å². The molecule has 4 heteroatoms. The number of aryl methyl sites for hydroxylation is 1. The number of anilines is 1. The first-order chi connectivity index (χ1) is 10.5. The molecule has 22 heavy (non-hydrogen) atoms. The van der Waals surface area contributed by atoms with Gasteiger partial charge in [0.25, 0.3) is 5.91 Å². The van der Waals surface area contributed by atoms with Crippen LogP contribution in [-0.2, 0) is 0 Å². The zero-order valence-corrected chi connectivity index (χ0v) is 12.9. The van der Waals surface area contributed by atoms with Crippen molar-refractivity contribution in [3.05, 3.63) is 59.5 Å². The van der Waals surface area contributed by atoms with Gasteiger partial charge >= 0.3 is 0 Å². The molecule has 0 saturated heterocycles. The number of amides is 1. The predicted molar refractivity (Wildman–Crippen MR) is 87.2 cm³/mol. The first-order valence-electron chi connectivity index (χ1n) is 7.32. The summed E-state index contributed by atoms with van der Waals surface area (Å²) < 4.78 is 5.43. The smallest absolute Gasteiger partial charge is 0.255 e. The zero-order chi connectivity index (χ0) is 15.7. The molecule has 1 amide bonds. The highest BCUT2D eigenvalue weighted by Crippen LogP contribution is 2.24. The topological polar surface area (TPSA) is 55.1 Å². The van der Waals surface area contributed by atoms with Crippen LogP contribution in [0.5, 0.6) is 0 Å². The van der Waals surface area contributed by atoms with E-state index in [0.717, 1.165) is 11.3 Å². The molecule has 0 spiro atoms. The number of hydrogen-bond donors (Lipinski definition) is 1. The summed E-state index contributed by atoms with van der Waals surface area (Å²) in [6.45, 7) is 6.00. The van der Waals surface area contributed by atoms with Gasteiger partial charge in [-0.3, -0.25) is 4.79 Å². The summed E-state index contributed by atoms with van der Waals surface area (Å²) in [6.07, 6.45) is 0. The predicted octanol–water partition coefficient (Wildman–Crippen LogP) is 4.51. The number of fused-ring (bicyclic) bond motifs is 1. The van der Waals surface area contributed by atoms with Crippen LogP contribution in [0, 0.1) is 6.92 Å². The maximum Gasteiger partial charge on any atom is 0.255 e. The number of benzene rings is 2. The minimum absolute atomic E-state index is 0.143. The van der Waals surface area contributed by atoms with Gasteiger partial charge in [0.05, 0.1) is 0 Å². The summed E-state index contributed by atoms with van der Waals surface area (Å²) >= 11 is 0. The summed E-state index contributed by atoms with van der Waals surface area (Å²) in [7, 11) is 0. The molecular formula is C18H18N2O2. The van der Waals surface area contributed by atoms with Crippen molar-refractivity contribution in [2.24, 2.45) is 0 Å². The standard InChI is InChI=1S/C18H18N2O2/c1-11(2)14-6-4-5-7-15(14)20-18(21)13-8-9-17-16(10-13)19-12(3)22-17/h4-11H,1-3H3,(H,20,21). The van der Waals surface area contributed by atoms with Crippen molar-refractivity contribution in [3.8, 4) is 0 Å². The van der Waals surface area contributed by atoms with E-state index in [1.165, 1.54) is 0 Å². The van der Waals surface area contributed by atoms with E-state index < -0.39 is 0 Å². The number of aromatic nitrogens is 1. The fraction of sp³-hybridized carbons (Fsp3) is 0.222. The minimum atomic E-state index is -0.143. The Kier molecular flexibility index (Phi) is 3.67. The first-order valence-corrected chi connectivity index (χ1v) is 7.32. The van der Waals surface area contributed by atoms with Crippen LogP contribution >= 0.6 is 0 Å². The molecular weight excluding hydrogens is 276 g/mol. The molecule has 1 N–H and O–H groups in total. The average molecular weight is 294 g/mol. The third-order valence-corrected chi connectivity index (χ3v) is 3.59. The molecule has 0 radical (unpaired) electrons. The van der Waals surface area contributed by atoms with Gasteiger partial charge in [-0.2, -0.15) is 0 Å². The molecule has 2 aromatic carbocycles. The van der Waals surface area contributed by atoms with Gasteiger partial charge in [0.2, 0.25) is 0 Å². The Morgan fingerprint density at radius 3 is 2.73 bits per heavy atom. The van der Waals surface area contributed by atoms with Crippen molar-refractivity contribution in [3.63, 3.8) is 0 Å². The molecule has 1 aromatic heterocycles. The van der Waals surface area contributed by atoms with Crippen molar-refractivity contribution in [2.45, 2.75) is 26.7 Å². The Bertz CT molecular complexity index is 834. The van der Waals surface area contributed by atoms with Gasteiger partial charge < -0.3 is 9.73 Å². The molecule has 4 nitrogen and oxygen atoms in total. The lowest BCUT2D eigenvalue weighted by Crippen LogP contribution is -2.13. The van der Waals surface area contributed by atoms with Gasteiger partial charge in [-0.05, 0) is 35.7 Å². The highest BCUT2D eigenvalue weighted by Gasteiger charge is 2.12. The maximum absolute atomic E-state index is 12.5. The number of nitrogens with zero attached hydrogens (tertiary/aromatic N) is 1. The summed E-state index contributed by atoms with van der Waals surface area (Å²) in [5, 5.41) is 2.98. The van der Waals surface area contributed by atoms with E-state index in [9.17, 15) is 4.79 Å². The number of rotatable bonds is 3. The van der Waals surface area contributed by atoms with Gasteiger partial charge in [0.15, 0.2) is 11.5 Å². The molecule has 0 aliphatic rings. The van der Waals surface area contributed by atoms with E-state index in [0.29, 0.717) is 28.5 Å². The lowest BCUT2D eigenvalue weighted by Gasteiger charge is -2.13. The number of oxazole rings is 1. The van der Waals surface area contributed by atoms with E-state index >= 15 is 0 Å². The van der Waals surface area contributed by atoms with Crippen molar-refractivity contribution in [1.29, 1.82) is 0 Å². The number of carbonyl (C=O) groups is 1. The average Bonchev–Trinajstić information content (AvgIpc) is 2.86. The number of hydrogen-bond acceptors (Lipinski definition) is 3. The summed E-state index contributed by atoms with van der Waals surface area (Å²) in [4.78, 5) is 16.7. The van der Waals surface area contributed by atoms with Crippen LogP contribution in [0.2, 0.25) is 0 Å². The van der Waals surface area contributed by atoms with Gasteiger partial charge in [-0.25, -0.2) is 4.98 Å². The highest BCUT2D eigenvalue weighted by molar-refractivity contribution is 6.06. The SMILES string of the molecule is Cc1nc2cc(C(=O)Nc3ccccc3C(C)C)ccc2o1. The highest BCUT2D eigenvalue weighted by atomic mass is 16.3. The molecule has 0 aliphatic carbocycles. The van der Waals surface area contributed by atoms with Crippen molar-refractivity contribution >= 4 is 22.7 Å². The van der Waals surface area contributed by atoms with Crippen molar-refractivity contribution < 1.29 is 9.21 Å². The lowest BCUT2D eigenvalue weighted by molar-refractivity contribution is 0.102. The van der Waals surface area contributed by atoms with Crippen LogP contribution in [0.25, 0.3) is 11.1 Å². The summed E-state index contributed by atoms with van der Waals surface area (Å²) in [5.74, 6) is 0.797. The third-order valence-electron chi connectivity index (χ3n) is 3.59. The van der Waals surface area contributed by atoms with Crippen molar-refractivity contribution in [2.75, 3.05) is 5.32 Å². The normalized spacial score (nSPS) is 11.1. The second-order valence-corrected chi connectivity index (χ2v) is 5.61. The van der Waals surface area contributed by atoms with Crippen LogP contribution in [0.4, 0.5) is 5.69 Å². The third kappa shape index (κ3) is 2.72. The first kappa shape index (κ1) is 14.3.